The van der Waals surface area contributed by atoms with Crippen molar-refractivity contribution in [2.75, 3.05) is 24.2 Å². The minimum Gasteiger partial charge on any atom is -0.466 e. The zero-order chi connectivity index (χ0) is 13.5. The quantitative estimate of drug-likeness (QED) is 0.440. The molecule has 1 aromatic heterocycles. The highest BCUT2D eigenvalue weighted by molar-refractivity contribution is 5.70. The lowest BCUT2D eigenvalue weighted by molar-refractivity contribution is -0.384. The van der Waals surface area contributed by atoms with E-state index in [0.29, 0.717) is 19.0 Å². The van der Waals surface area contributed by atoms with Gasteiger partial charge in [0.2, 0.25) is 5.82 Å². The number of carbonyl (C=O) groups is 1. The minimum atomic E-state index is -0.606. The number of aromatic nitrogens is 1. The molecule has 0 aromatic carbocycles. The molecule has 0 saturated heterocycles. The molecular formula is C10H14N4O4. The van der Waals surface area contributed by atoms with E-state index in [1.54, 1.807) is 6.92 Å². The molecule has 0 spiro atoms. The van der Waals surface area contributed by atoms with Crippen LogP contribution < -0.4 is 11.1 Å². The van der Waals surface area contributed by atoms with Gasteiger partial charge in [-0.1, -0.05) is 0 Å². The molecule has 0 radical (unpaired) electrons. The van der Waals surface area contributed by atoms with Crippen LogP contribution in [0.4, 0.5) is 17.3 Å². The lowest BCUT2D eigenvalue weighted by Crippen LogP contribution is -2.12. The van der Waals surface area contributed by atoms with Crippen molar-refractivity contribution >= 4 is 23.3 Å². The first kappa shape index (κ1) is 13.7. The molecule has 0 fully saturated rings. The van der Waals surface area contributed by atoms with E-state index >= 15 is 0 Å². The van der Waals surface area contributed by atoms with Gasteiger partial charge in [-0.25, -0.2) is 4.98 Å². The number of rotatable bonds is 6. The largest absolute Gasteiger partial charge is 0.466 e. The van der Waals surface area contributed by atoms with Crippen LogP contribution in [-0.2, 0) is 9.53 Å². The summed E-state index contributed by atoms with van der Waals surface area (Å²) in [6.45, 7) is 2.38. The Hall–Kier alpha value is -2.38. The molecule has 0 bridgehead atoms. The predicted molar refractivity (Wildman–Crippen MR) is 65.0 cm³/mol. The van der Waals surface area contributed by atoms with Gasteiger partial charge in [0.25, 0.3) is 0 Å². The fraction of sp³-hybridized carbons (Fsp3) is 0.400. The van der Waals surface area contributed by atoms with Crippen LogP contribution in [0.2, 0.25) is 0 Å². The molecule has 0 aliphatic heterocycles. The molecule has 8 heteroatoms. The maximum Gasteiger partial charge on any atom is 0.311 e. The molecule has 1 heterocycles. The van der Waals surface area contributed by atoms with E-state index in [9.17, 15) is 14.9 Å². The van der Waals surface area contributed by atoms with Gasteiger partial charge < -0.3 is 15.8 Å². The Morgan fingerprint density at radius 3 is 2.89 bits per heavy atom. The lowest BCUT2D eigenvalue weighted by atomic mass is 10.3. The number of pyridine rings is 1. The Morgan fingerprint density at radius 2 is 2.33 bits per heavy atom. The summed E-state index contributed by atoms with van der Waals surface area (Å²) in [4.78, 5) is 24.8. The molecule has 0 aliphatic carbocycles. The third kappa shape index (κ3) is 3.89. The van der Waals surface area contributed by atoms with Gasteiger partial charge in [-0.2, -0.15) is 0 Å². The van der Waals surface area contributed by atoms with Gasteiger partial charge in [0.1, 0.15) is 5.82 Å². The lowest BCUT2D eigenvalue weighted by Gasteiger charge is -2.06. The Balaban J connectivity index is 2.51. The molecule has 98 valence electrons. The van der Waals surface area contributed by atoms with Gasteiger partial charge >= 0.3 is 11.7 Å². The van der Waals surface area contributed by atoms with Crippen LogP contribution in [0.5, 0.6) is 0 Å². The molecule has 0 atom stereocenters. The zero-order valence-corrected chi connectivity index (χ0v) is 9.88. The summed E-state index contributed by atoms with van der Waals surface area (Å²) >= 11 is 0. The molecule has 1 rings (SSSR count). The second-order valence-electron chi connectivity index (χ2n) is 3.34. The van der Waals surface area contributed by atoms with E-state index in [0.717, 1.165) is 0 Å². The van der Waals surface area contributed by atoms with Crippen LogP contribution in [-0.4, -0.2) is 29.0 Å². The van der Waals surface area contributed by atoms with Crippen LogP contribution in [0.3, 0.4) is 0 Å². The van der Waals surface area contributed by atoms with Crippen molar-refractivity contribution in [3.05, 3.63) is 22.2 Å². The summed E-state index contributed by atoms with van der Waals surface area (Å²) < 4.78 is 4.74. The predicted octanol–water partition coefficient (Wildman–Crippen LogP) is 0.937. The monoisotopic (exact) mass is 254 g/mol. The standard InChI is InChI=1S/C10H14N4O4/c1-2-18-9(15)5-6-12-8-4-3-7(14(16)17)10(11)13-8/h3-4H,2,5-6H2,1H3,(H3,11,12,13). The SMILES string of the molecule is CCOC(=O)CCNc1ccc([N+](=O)[O-])c(N)n1. The van der Waals surface area contributed by atoms with Crippen molar-refractivity contribution in [2.24, 2.45) is 0 Å². The van der Waals surface area contributed by atoms with Crippen molar-refractivity contribution in [3.63, 3.8) is 0 Å². The second-order valence-corrected chi connectivity index (χ2v) is 3.34. The highest BCUT2D eigenvalue weighted by atomic mass is 16.6. The normalized spacial score (nSPS) is 9.83. The van der Waals surface area contributed by atoms with Crippen molar-refractivity contribution in [2.45, 2.75) is 13.3 Å². The van der Waals surface area contributed by atoms with Crippen molar-refractivity contribution in [1.29, 1.82) is 0 Å². The first-order chi connectivity index (χ1) is 8.54. The first-order valence-corrected chi connectivity index (χ1v) is 5.35. The highest BCUT2D eigenvalue weighted by Crippen LogP contribution is 2.20. The van der Waals surface area contributed by atoms with Crippen molar-refractivity contribution < 1.29 is 14.5 Å². The van der Waals surface area contributed by atoms with Crippen LogP contribution in [0.25, 0.3) is 0 Å². The summed E-state index contributed by atoms with van der Waals surface area (Å²) in [6, 6.07) is 2.69. The average molecular weight is 254 g/mol. The van der Waals surface area contributed by atoms with Gasteiger partial charge in [-0.15, -0.1) is 0 Å². The van der Waals surface area contributed by atoms with Crippen LogP contribution >= 0.6 is 0 Å². The van der Waals surface area contributed by atoms with Crippen LogP contribution in [0.15, 0.2) is 12.1 Å². The summed E-state index contributed by atoms with van der Waals surface area (Å²) in [5, 5.41) is 13.3. The number of carbonyl (C=O) groups excluding carboxylic acids is 1. The van der Waals surface area contributed by atoms with E-state index in [2.05, 4.69) is 10.3 Å². The topological polar surface area (TPSA) is 120 Å². The number of hydrogen-bond donors (Lipinski definition) is 2. The fourth-order valence-corrected chi connectivity index (χ4v) is 1.25. The van der Waals surface area contributed by atoms with Gasteiger partial charge in [0.15, 0.2) is 0 Å². The minimum absolute atomic E-state index is 0.166. The van der Waals surface area contributed by atoms with E-state index in [1.165, 1.54) is 12.1 Å². The number of ether oxygens (including phenoxy) is 1. The molecule has 3 N–H and O–H groups in total. The number of esters is 1. The maximum absolute atomic E-state index is 11.0. The third-order valence-corrected chi connectivity index (χ3v) is 2.04. The summed E-state index contributed by atoms with van der Waals surface area (Å²) in [6.07, 6.45) is 0.187. The van der Waals surface area contributed by atoms with E-state index in [-0.39, 0.29) is 23.9 Å². The second kappa shape index (κ2) is 6.38. The van der Waals surface area contributed by atoms with Crippen molar-refractivity contribution in [3.8, 4) is 0 Å². The Kier molecular flexibility index (Phi) is 4.85. The molecular weight excluding hydrogens is 240 g/mol. The van der Waals surface area contributed by atoms with E-state index < -0.39 is 4.92 Å². The molecule has 0 amide bonds. The fourth-order valence-electron chi connectivity index (χ4n) is 1.25. The van der Waals surface area contributed by atoms with Crippen LogP contribution in [0, 0.1) is 10.1 Å². The number of nitro groups is 1. The number of nitrogen functional groups attached to an aromatic ring is 1. The van der Waals surface area contributed by atoms with Gasteiger partial charge in [-0.05, 0) is 13.0 Å². The number of nitrogens with one attached hydrogen (secondary N) is 1. The van der Waals surface area contributed by atoms with Gasteiger partial charge in [0.05, 0.1) is 18.0 Å². The van der Waals surface area contributed by atoms with Gasteiger partial charge in [0, 0.05) is 12.6 Å². The summed E-state index contributed by atoms with van der Waals surface area (Å²) in [7, 11) is 0. The summed E-state index contributed by atoms with van der Waals surface area (Å²) in [5.41, 5.74) is 5.17. The molecule has 18 heavy (non-hydrogen) atoms. The Bertz CT molecular complexity index is 450. The zero-order valence-electron chi connectivity index (χ0n) is 9.88. The van der Waals surface area contributed by atoms with E-state index in [4.69, 9.17) is 10.5 Å². The first-order valence-electron chi connectivity index (χ1n) is 5.35. The molecule has 0 aliphatic rings. The Labute approximate surface area is 103 Å². The van der Waals surface area contributed by atoms with Crippen molar-refractivity contribution in [1.82, 2.24) is 4.98 Å². The number of anilines is 2. The molecule has 0 saturated carbocycles. The summed E-state index contributed by atoms with van der Waals surface area (Å²) in [5.74, 6) is -0.108. The smallest absolute Gasteiger partial charge is 0.311 e. The third-order valence-electron chi connectivity index (χ3n) is 2.04. The number of nitrogens with zero attached hydrogens (tertiary/aromatic N) is 2. The molecule has 1 aromatic rings. The number of hydrogen-bond acceptors (Lipinski definition) is 7. The number of nitrogens with two attached hydrogens (primary N) is 1. The van der Waals surface area contributed by atoms with Crippen LogP contribution in [0.1, 0.15) is 13.3 Å². The average Bonchev–Trinajstić information content (AvgIpc) is 2.29. The maximum atomic E-state index is 11.0. The molecule has 8 nitrogen and oxygen atoms in total. The molecule has 0 unspecified atom stereocenters. The van der Waals surface area contributed by atoms with Gasteiger partial charge in [-0.3, -0.25) is 14.9 Å². The van der Waals surface area contributed by atoms with E-state index in [1.807, 2.05) is 0 Å². The Morgan fingerprint density at radius 1 is 1.61 bits per heavy atom. The highest BCUT2D eigenvalue weighted by Gasteiger charge is 2.12.